The van der Waals surface area contributed by atoms with E-state index >= 15 is 0 Å². The molecule has 0 aliphatic heterocycles. The van der Waals surface area contributed by atoms with Gasteiger partial charge in [0.25, 0.3) is 0 Å². The molecule has 0 amide bonds. The Morgan fingerprint density at radius 3 is 1.44 bits per heavy atom. The number of hydrogen-bond donors (Lipinski definition) is 0. The van der Waals surface area contributed by atoms with Crippen LogP contribution in [0.3, 0.4) is 0 Å². The second-order valence-corrected chi connectivity index (χ2v) is 11.0. The SMILES string of the molecule is C[O][Ge]([CH3])([O]C)[CH](C)C. The van der Waals surface area contributed by atoms with Crippen molar-refractivity contribution in [2.24, 2.45) is 0 Å². The molecule has 0 fully saturated rings. The van der Waals surface area contributed by atoms with Crippen molar-refractivity contribution in [2.75, 3.05) is 14.2 Å². The van der Waals surface area contributed by atoms with Gasteiger partial charge in [-0.3, -0.25) is 0 Å². The van der Waals surface area contributed by atoms with Crippen molar-refractivity contribution in [3.05, 3.63) is 0 Å². The third kappa shape index (κ3) is 2.28. The first-order valence-electron chi connectivity index (χ1n) is 3.17. The summed E-state index contributed by atoms with van der Waals surface area (Å²) < 4.78 is 11.2. The fourth-order valence-electron chi connectivity index (χ4n) is 0.555. The molecule has 0 radical (unpaired) electrons. The third-order valence-electron chi connectivity index (χ3n) is 1.86. The molecule has 0 N–H and O–H groups in total. The Bertz CT molecular complexity index is 79.1. The molecule has 0 spiro atoms. The van der Waals surface area contributed by atoms with Crippen molar-refractivity contribution in [3.8, 4) is 0 Å². The van der Waals surface area contributed by atoms with E-state index in [1.54, 1.807) is 14.2 Å². The fourth-order valence-corrected chi connectivity index (χ4v) is 2.88. The molecular formula is C6H16GeO2. The summed E-state index contributed by atoms with van der Waals surface area (Å²) in [6, 6.07) is 0. The Kier molecular flexibility index (Phi) is 3.77. The normalized spacial score (nSPS) is 12.7. The van der Waals surface area contributed by atoms with Crippen LogP contribution < -0.4 is 0 Å². The number of rotatable bonds is 3. The van der Waals surface area contributed by atoms with Crippen LogP contribution in [0.15, 0.2) is 0 Å². The van der Waals surface area contributed by atoms with Crippen LogP contribution in [0.4, 0.5) is 0 Å². The topological polar surface area (TPSA) is 18.5 Å². The molecule has 0 aliphatic rings. The van der Waals surface area contributed by atoms with Crippen molar-refractivity contribution in [3.63, 3.8) is 0 Å². The first-order valence-corrected chi connectivity index (χ1v) is 8.19. The van der Waals surface area contributed by atoms with Gasteiger partial charge in [-0.15, -0.1) is 0 Å². The summed E-state index contributed by atoms with van der Waals surface area (Å²) in [5.41, 5.74) is 0. The van der Waals surface area contributed by atoms with Crippen molar-refractivity contribution in [2.45, 2.75) is 24.4 Å². The molecule has 0 aromatic heterocycles. The second-order valence-electron chi connectivity index (χ2n) is 2.58. The summed E-state index contributed by atoms with van der Waals surface area (Å²) in [6.07, 6.45) is 0. The summed E-state index contributed by atoms with van der Waals surface area (Å²) in [5, 5.41) is 0. The van der Waals surface area contributed by atoms with Gasteiger partial charge < -0.3 is 0 Å². The van der Waals surface area contributed by atoms with Gasteiger partial charge in [0.15, 0.2) is 0 Å². The Hall–Kier alpha value is 0.463. The second kappa shape index (κ2) is 3.59. The van der Waals surface area contributed by atoms with Crippen molar-refractivity contribution in [1.29, 1.82) is 0 Å². The summed E-state index contributed by atoms with van der Waals surface area (Å²) >= 11 is -2.25. The van der Waals surface area contributed by atoms with Crippen LogP contribution in [-0.2, 0) is 7.53 Å². The zero-order valence-corrected chi connectivity index (χ0v) is 8.99. The maximum absolute atomic E-state index is 5.31. The molecular weight excluding hydrogens is 177 g/mol. The average Bonchev–Trinajstić information content (AvgIpc) is 1.86. The average molecular weight is 193 g/mol. The van der Waals surface area contributed by atoms with Gasteiger partial charge in [0, 0.05) is 0 Å². The Labute approximate surface area is 60.6 Å². The van der Waals surface area contributed by atoms with Gasteiger partial charge in [0.2, 0.25) is 0 Å². The van der Waals surface area contributed by atoms with Crippen LogP contribution in [0.25, 0.3) is 0 Å². The summed E-state index contributed by atoms with van der Waals surface area (Å²) in [4.78, 5) is 0. The van der Waals surface area contributed by atoms with Crippen LogP contribution in [-0.4, -0.2) is 28.2 Å². The van der Waals surface area contributed by atoms with Crippen LogP contribution in [0.2, 0.25) is 10.5 Å². The van der Waals surface area contributed by atoms with Crippen LogP contribution in [0.1, 0.15) is 13.8 Å². The summed E-state index contributed by atoms with van der Waals surface area (Å²) in [6.45, 7) is 4.29. The Morgan fingerprint density at radius 2 is 1.44 bits per heavy atom. The van der Waals surface area contributed by atoms with Gasteiger partial charge >= 0.3 is 60.0 Å². The first-order chi connectivity index (χ1) is 4.06. The molecule has 2 nitrogen and oxygen atoms in total. The van der Waals surface area contributed by atoms with E-state index in [0.717, 1.165) is 0 Å². The molecule has 0 aromatic rings. The van der Waals surface area contributed by atoms with Gasteiger partial charge in [0.1, 0.15) is 0 Å². The quantitative estimate of drug-likeness (QED) is 0.635. The minimum absolute atomic E-state index is 0.569. The molecule has 0 heterocycles. The monoisotopic (exact) mass is 194 g/mol. The first kappa shape index (κ1) is 9.46. The molecule has 3 heteroatoms. The van der Waals surface area contributed by atoms with Crippen LogP contribution in [0.5, 0.6) is 0 Å². The molecule has 9 heavy (non-hydrogen) atoms. The van der Waals surface area contributed by atoms with Crippen molar-refractivity contribution in [1.82, 2.24) is 0 Å². The van der Waals surface area contributed by atoms with E-state index in [9.17, 15) is 0 Å². The standard InChI is InChI=1S/C6H16GeO2/c1-6(2)7(3,8-4)9-5/h6H,1-5H3. The maximum atomic E-state index is 5.31. The molecule has 0 unspecified atom stereocenters. The van der Waals surface area contributed by atoms with Crippen molar-refractivity contribution < 1.29 is 7.53 Å². The van der Waals surface area contributed by atoms with E-state index in [4.69, 9.17) is 7.53 Å². The molecule has 0 saturated carbocycles. The minimum atomic E-state index is -2.25. The van der Waals surface area contributed by atoms with E-state index in [1.165, 1.54) is 0 Å². The molecule has 0 aliphatic carbocycles. The van der Waals surface area contributed by atoms with Gasteiger partial charge in [-0.1, -0.05) is 0 Å². The molecule has 0 atom stereocenters. The number of hydrogen-bond acceptors (Lipinski definition) is 2. The Balaban J connectivity index is 3.92. The summed E-state index contributed by atoms with van der Waals surface area (Å²) in [7, 11) is 3.48. The van der Waals surface area contributed by atoms with Gasteiger partial charge in [-0.2, -0.15) is 0 Å². The summed E-state index contributed by atoms with van der Waals surface area (Å²) in [5.74, 6) is 2.12. The van der Waals surface area contributed by atoms with Gasteiger partial charge in [-0.05, 0) is 0 Å². The fraction of sp³-hybridized carbons (Fsp3) is 1.00. The van der Waals surface area contributed by atoms with Crippen molar-refractivity contribution >= 4 is 13.9 Å². The Morgan fingerprint density at radius 1 is 1.11 bits per heavy atom. The van der Waals surface area contributed by atoms with E-state index in [-0.39, 0.29) is 0 Å². The van der Waals surface area contributed by atoms with Crippen LogP contribution in [0, 0.1) is 0 Å². The van der Waals surface area contributed by atoms with Gasteiger partial charge in [-0.25, -0.2) is 0 Å². The zero-order valence-electron chi connectivity index (χ0n) is 6.89. The van der Waals surface area contributed by atoms with E-state index in [2.05, 4.69) is 19.6 Å². The zero-order chi connectivity index (χ0) is 7.49. The molecule has 0 bridgehead atoms. The third-order valence-corrected chi connectivity index (χ3v) is 9.66. The van der Waals surface area contributed by atoms with E-state index in [0.29, 0.717) is 4.75 Å². The van der Waals surface area contributed by atoms with Gasteiger partial charge in [0.05, 0.1) is 0 Å². The molecule has 0 aromatic carbocycles. The predicted molar refractivity (Wildman–Crippen MR) is 40.7 cm³/mol. The molecule has 0 saturated heterocycles. The van der Waals surface area contributed by atoms with E-state index in [1.807, 2.05) is 0 Å². The van der Waals surface area contributed by atoms with Crippen LogP contribution >= 0.6 is 0 Å². The molecule has 0 rings (SSSR count). The van der Waals surface area contributed by atoms with E-state index < -0.39 is 13.9 Å². The molecule has 56 valence electrons. The predicted octanol–water partition coefficient (Wildman–Crippen LogP) is 1.76.